The van der Waals surface area contributed by atoms with E-state index in [1.807, 2.05) is 48.5 Å². The van der Waals surface area contributed by atoms with E-state index in [0.717, 1.165) is 28.6 Å². The standard InChI is InChI=1S/C26H25N5O/c32-26(24-15-23(28-29-24)20-11-5-2-6-12-20)30-27-16-21-18-31(17-19-9-3-1-4-10-19)25-14-8-7-13-22(21)25/h1-14,16,18,23-24,28-29H,15,17H2,(H,30,32)/b27-16+. The van der Waals surface area contributed by atoms with E-state index < -0.39 is 0 Å². The van der Waals surface area contributed by atoms with Crippen molar-refractivity contribution in [2.75, 3.05) is 0 Å². The maximum absolute atomic E-state index is 12.6. The third-order valence-corrected chi connectivity index (χ3v) is 5.82. The van der Waals surface area contributed by atoms with Crippen molar-refractivity contribution in [2.45, 2.75) is 25.0 Å². The Bertz CT molecular complexity index is 1230. The molecule has 1 amide bonds. The number of nitrogens with zero attached hydrogens (tertiary/aromatic N) is 2. The molecule has 2 atom stereocenters. The highest BCUT2D eigenvalue weighted by molar-refractivity contribution is 5.99. The molecule has 1 fully saturated rings. The molecular formula is C26H25N5O. The van der Waals surface area contributed by atoms with E-state index >= 15 is 0 Å². The first-order chi connectivity index (χ1) is 15.8. The molecule has 1 aromatic heterocycles. The first-order valence-electron chi connectivity index (χ1n) is 10.8. The largest absolute Gasteiger partial charge is 0.342 e. The number of nitrogens with one attached hydrogen (secondary N) is 3. The fourth-order valence-electron chi connectivity index (χ4n) is 4.16. The summed E-state index contributed by atoms with van der Waals surface area (Å²) in [5, 5.41) is 5.35. The number of aromatic nitrogens is 1. The van der Waals surface area contributed by atoms with E-state index in [1.54, 1.807) is 6.21 Å². The van der Waals surface area contributed by atoms with Gasteiger partial charge in [0.2, 0.25) is 0 Å². The van der Waals surface area contributed by atoms with Crippen LogP contribution in [-0.2, 0) is 11.3 Å². The van der Waals surface area contributed by atoms with Gasteiger partial charge in [0.25, 0.3) is 5.91 Å². The number of hydrazine groups is 1. The number of benzene rings is 3. The van der Waals surface area contributed by atoms with Crippen LogP contribution in [0.1, 0.15) is 29.2 Å². The molecule has 32 heavy (non-hydrogen) atoms. The number of fused-ring (bicyclic) bond motifs is 1. The van der Waals surface area contributed by atoms with Crippen molar-refractivity contribution in [3.05, 3.63) is 108 Å². The lowest BCUT2D eigenvalue weighted by molar-refractivity contribution is -0.122. The highest BCUT2D eigenvalue weighted by atomic mass is 16.2. The molecule has 1 saturated heterocycles. The quantitative estimate of drug-likeness (QED) is 0.327. The zero-order chi connectivity index (χ0) is 21.8. The van der Waals surface area contributed by atoms with Crippen LogP contribution in [0.25, 0.3) is 10.9 Å². The summed E-state index contributed by atoms with van der Waals surface area (Å²) in [6.45, 7) is 0.778. The van der Waals surface area contributed by atoms with E-state index in [0.29, 0.717) is 6.42 Å². The fourth-order valence-corrected chi connectivity index (χ4v) is 4.16. The summed E-state index contributed by atoms with van der Waals surface area (Å²) in [6.07, 6.45) is 4.47. The van der Waals surface area contributed by atoms with E-state index in [1.165, 1.54) is 5.56 Å². The Kier molecular flexibility index (Phi) is 5.79. The summed E-state index contributed by atoms with van der Waals surface area (Å²) in [5.74, 6) is -0.153. The number of para-hydroxylation sites is 1. The van der Waals surface area contributed by atoms with Gasteiger partial charge in [-0.25, -0.2) is 16.3 Å². The van der Waals surface area contributed by atoms with Crippen LogP contribution in [0, 0.1) is 0 Å². The summed E-state index contributed by atoms with van der Waals surface area (Å²) in [5.41, 5.74) is 13.5. The number of carbonyl (C=O) groups excluding carboxylic acids is 1. The molecule has 3 aromatic carbocycles. The van der Waals surface area contributed by atoms with Crippen LogP contribution in [-0.4, -0.2) is 22.7 Å². The first kappa shape index (κ1) is 20.2. The third-order valence-electron chi connectivity index (χ3n) is 5.82. The number of hydrazone groups is 1. The van der Waals surface area contributed by atoms with Crippen LogP contribution in [0.3, 0.4) is 0 Å². The lowest BCUT2D eigenvalue weighted by Gasteiger charge is -2.08. The number of amides is 1. The Morgan fingerprint density at radius 2 is 1.69 bits per heavy atom. The molecule has 0 radical (unpaired) electrons. The van der Waals surface area contributed by atoms with Gasteiger partial charge < -0.3 is 4.57 Å². The summed E-state index contributed by atoms with van der Waals surface area (Å²) < 4.78 is 2.21. The third kappa shape index (κ3) is 4.32. The Morgan fingerprint density at radius 1 is 0.969 bits per heavy atom. The number of hydrogen-bond acceptors (Lipinski definition) is 4. The van der Waals surface area contributed by atoms with Crippen molar-refractivity contribution in [3.63, 3.8) is 0 Å². The van der Waals surface area contributed by atoms with Crippen molar-refractivity contribution in [2.24, 2.45) is 5.10 Å². The molecule has 2 heterocycles. The van der Waals surface area contributed by atoms with Crippen LogP contribution in [0.4, 0.5) is 0 Å². The van der Waals surface area contributed by atoms with Crippen molar-refractivity contribution in [3.8, 4) is 0 Å². The Labute approximate surface area is 186 Å². The van der Waals surface area contributed by atoms with Crippen molar-refractivity contribution >= 4 is 23.0 Å². The van der Waals surface area contributed by atoms with E-state index in [9.17, 15) is 4.79 Å². The molecule has 0 bridgehead atoms. The monoisotopic (exact) mass is 423 g/mol. The van der Waals surface area contributed by atoms with Gasteiger partial charge in [0.05, 0.1) is 6.21 Å². The lowest BCUT2D eigenvalue weighted by atomic mass is 10.0. The smallest absolute Gasteiger partial charge is 0.258 e. The van der Waals surface area contributed by atoms with Crippen LogP contribution < -0.4 is 16.3 Å². The van der Waals surface area contributed by atoms with Gasteiger partial charge in [0.1, 0.15) is 6.04 Å². The maximum atomic E-state index is 12.6. The van der Waals surface area contributed by atoms with Gasteiger partial charge in [-0.2, -0.15) is 5.10 Å². The predicted molar refractivity (Wildman–Crippen MR) is 127 cm³/mol. The fraction of sp³-hybridized carbons (Fsp3) is 0.154. The van der Waals surface area contributed by atoms with Gasteiger partial charge in [-0.3, -0.25) is 4.79 Å². The minimum absolute atomic E-state index is 0.104. The SMILES string of the molecule is O=C(N/N=C/c1cn(Cc2ccccc2)c2ccccc12)C1CC(c2ccccc2)NN1. The van der Waals surface area contributed by atoms with Gasteiger partial charge in [-0.1, -0.05) is 78.9 Å². The van der Waals surface area contributed by atoms with Crippen LogP contribution in [0.5, 0.6) is 0 Å². The molecule has 1 aliphatic heterocycles. The molecule has 160 valence electrons. The predicted octanol–water partition coefficient (Wildman–Crippen LogP) is 3.75. The molecule has 0 spiro atoms. The summed E-state index contributed by atoms with van der Waals surface area (Å²) in [7, 11) is 0. The molecule has 6 nitrogen and oxygen atoms in total. The van der Waals surface area contributed by atoms with E-state index in [-0.39, 0.29) is 18.0 Å². The molecule has 0 saturated carbocycles. The zero-order valence-corrected chi connectivity index (χ0v) is 17.6. The van der Waals surface area contributed by atoms with Crippen LogP contribution >= 0.6 is 0 Å². The number of carbonyl (C=O) groups is 1. The summed E-state index contributed by atoms with van der Waals surface area (Å²) >= 11 is 0. The Hall–Kier alpha value is -3.74. The summed E-state index contributed by atoms with van der Waals surface area (Å²) in [4.78, 5) is 12.6. The molecule has 3 N–H and O–H groups in total. The van der Waals surface area contributed by atoms with Gasteiger partial charge in [-0.05, 0) is 23.6 Å². The normalized spacial score (nSPS) is 18.4. The van der Waals surface area contributed by atoms with Crippen molar-refractivity contribution in [1.82, 2.24) is 20.8 Å². The van der Waals surface area contributed by atoms with E-state index in [4.69, 9.17) is 0 Å². The topological polar surface area (TPSA) is 70.5 Å². The molecule has 5 rings (SSSR count). The minimum Gasteiger partial charge on any atom is -0.342 e. The molecule has 0 aliphatic carbocycles. The van der Waals surface area contributed by atoms with Gasteiger partial charge in [0.15, 0.2) is 0 Å². The van der Waals surface area contributed by atoms with Gasteiger partial charge in [0, 0.05) is 35.2 Å². The Morgan fingerprint density at radius 3 is 2.50 bits per heavy atom. The van der Waals surface area contributed by atoms with Crippen LogP contribution in [0.15, 0.2) is 96.2 Å². The first-order valence-corrected chi connectivity index (χ1v) is 10.8. The highest BCUT2D eigenvalue weighted by Gasteiger charge is 2.29. The average Bonchev–Trinajstić information content (AvgIpc) is 3.47. The summed E-state index contributed by atoms with van der Waals surface area (Å²) in [6, 6.07) is 28.5. The van der Waals surface area contributed by atoms with Crippen molar-refractivity contribution in [1.29, 1.82) is 0 Å². The average molecular weight is 424 g/mol. The van der Waals surface area contributed by atoms with E-state index in [2.05, 4.69) is 68.5 Å². The second-order valence-corrected chi connectivity index (χ2v) is 7.99. The van der Waals surface area contributed by atoms with Gasteiger partial charge >= 0.3 is 0 Å². The molecule has 6 heteroatoms. The molecule has 4 aromatic rings. The van der Waals surface area contributed by atoms with Gasteiger partial charge in [-0.15, -0.1) is 0 Å². The molecule has 2 unspecified atom stereocenters. The van der Waals surface area contributed by atoms with Crippen LogP contribution in [0.2, 0.25) is 0 Å². The molecular weight excluding hydrogens is 398 g/mol. The molecule has 1 aliphatic rings. The minimum atomic E-state index is -0.336. The highest BCUT2D eigenvalue weighted by Crippen LogP contribution is 2.23. The number of hydrogen-bond donors (Lipinski definition) is 3. The van der Waals surface area contributed by atoms with Crippen molar-refractivity contribution < 1.29 is 4.79 Å². The second kappa shape index (κ2) is 9.18. The second-order valence-electron chi connectivity index (χ2n) is 7.99. The maximum Gasteiger partial charge on any atom is 0.258 e. The zero-order valence-electron chi connectivity index (χ0n) is 17.6. The lowest BCUT2D eigenvalue weighted by Crippen LogP contribution is -2.41. The Balaban J connectivity index is 1.27. The number of rotatable bonds is 6.